The van der Waals surface area contributed by atoms with E-state index in [1.807, 2.05) is 6.07 Å². The lowest BCUT2D eigenvalue weighted by atomic mass is 10.1. The van der Waals surface area contributed by atoms with Crippen molar-refractivity contribution in [2.75, 3.05) is 6.61 Å². The number of carbonyl (C=O) groups excluding carboxylic acids is 2. The molecule has 0 unspecified atom stereocenters. The van der Waals surface area contributed by atoms with E-state index in [4.69, 9.17) is 32.7 Å². The molecule has 4 nitrogen and oxygen atoms in total. The van der Waals surface area contributed by atoms with Crippen LogP contribution < -0.4 is 4.74 Å². The van der Waals surface area contributed by atoms with Crippen LogP contribution in [0, 0.1) is 0 Å². The molecule has 0 aromatic heterocycles. The minimum Gasteiger partial charge on any atom is -0.463 e. The predicted molar refractivity (Wildman–Crippen MR) is 99.2 cm³/mol. The van der Waals surface area contributed by atoms with Gasteiger partial charge >= 0.3 is 11.9 Å². The summed E-state index contributed by atoms with van der Waals surface area (Å²) in [5.74, 6) is -1.10. The molecule has 0 spiro atoms. The maximum Gasteiger partial charge on any atom is 0.336 e. The van der Waals surface area contributed by atoms with E-state index in [9.17, 15) is 9.59 Å². The van der Waals surface area contributed by atoms with Crippen molar-refractivity contribution in [1.29, 1.82) is 0 Å². The van der Waals surface area contributed by atoms with Gasteiger partial charge in [-0.05, 0) is 12.5 Å². The standard InChI is InChI=1S/C19H18Cl2O4/c1-2-3-6-11-24-17(22)9-10-18(23)25-19-14-8-5-4-7-13(14)15(20)12-16(19)21/h4-5,7-10,12H,2-3,6,11H2,1H3/b10-9+. The molecule has 132 valence electrons. The third-order valence-electron chi connectivity index (χ3n) is 3.45. The summed E-state index contributed by atoms with van der Waals surface area (Å²) in [4.78, 5) is 23.5. The van der Waals surface area contributed by atoms with Crippen LogP contribution in [0.3, 0.4) is 0 Å². The van der Waals surface area contributed by atoms with E-state index in [-0.39, 0.29) is 10.8 Å². The number of hydrogen-bond donors (Lipinski definition) is 0. The Morgan fingerprint density at radius 1 is 1.00 bits per heavy atom. The summed E-state index contributed by atoms with van der Waals surface area (Å²) in [6, 6.07) is 8.67. The van der Waals surface area contributed by atoms with Gasteiger partial charge in [0.05, 0.1) is 16.7 Å². The van der Waals surface area contributed by atoms with Gasteiger partial charge in [-0.25, -0.2) is 9.59 Å². The van der Waals surface area contributed by atoms with E-state index in [0.29, 0.717) is 17.0 Å². The molecule has 0 aliphatic heterocycles. The Labute approximate surface area is 156 Å². The predicted octanol–water partition coefficient (Wildman–Crippen LogP) is 5.34. The summed E-state index contributed by atoms with van der Waals surface area (Å²) in [6.07, 6.45) is 4.88. The van der Waals surface area contributed by atoms with Gasteiger partial charge in [0, 0.05) is 22.9 Å². The minimum absolute atomic E-state index is 0.202. The van der Waals surface area contributed by atoms with Crippen molar-refractivity contribution >= 4 is 45.9 Å². The van der Waals surface area contributed by atoms with Crippen LogP contribution in [0.1, 0.15) is 26.2 Å². The fraction of sp³-hybridized carbons (Fsp3) is 0.263. The Kier molecular flexibility index (Phi) is 7.29. The fourth-order valence-corrected chi connectivity index (χ4v) is 2.80. The first-order valence-electron chi connectivity index (χ1n) is 7.96. The van der Waals surface area contributed by atoms with Crippen LogP contribution in [0.15, 0.2) is 42.5 Å². The molecule has 0 saturated carbocycles. The van der Waals surface area contributed by atoms with Gasteiger partial charge in [0.1, 0.15) is 0 Å². The van der Waals surface area contributed by atoms with Gasteiger partial charge in [0.2, 0.25) is 0 Å². The number of hydrogen-bond acceptors (Lipinski definition) is 4. The third kappa shape index (κ3) is 5.48. The first-order valence-corrected chi connectivity index (χ1v) is 8.72. The van der Waals surface area contributed by atoms with E-state index in [2.05, 4.69) is 6.92 Å². The molecule has 2 aromatic carbocycles. The molecule has 0 atom stereocenters. The fourth-order valence-electron chi connectivity index (χ4n) is 2.22. The van der Waals surface area contributed by atoms with Crippen molar-refractivity contribution in [3.05, 3.63) is 52.5 Å². The smallest absolute Gasteiger partial charge is 0.336 e. The second-order valence-electron chi connectivity index (χ2n) is 5.34. The summed E-state index contributed by atoms with van der Waals surface area (Å²) in [5, 5.41) is 2.01. The SMILES string of the molecule is CCCCCOC(=O)/C=C/C(=O)Oc1c(Cl)cc(Cl)c2ccccc12. The molecule has 2 rings (SSSR count). The van der Waals surface area contributed by atoms with Gasteiger partial charge < -0.3 is 9.47 Å². The maximum atomic E-state index is 12.0. The van der Waals surface area contributed by atoms with Gasteiger partial charge in [0.25, 0.3) is 0 Å². The molecule has 2 aromatic rings. The number of rotatable bonds is 7. The second-order valence-corrected chi connectivity index (χ2v) is 6.16. The number of benzene rings is 2. The lowest BCUT2D eigenvalue weighted by molar-refractivity contribution is -0.138. The molecule has 0 saturated heterocycles. The van der Waals surface area contributed by atoms with Gasteiger partial charge in [-0.15, -0.1) is 0 Å². The number of fused-ring (bicyclic) bond motifs is 1. The highest BCUT2D eigenvalue weighted by molar-refractivity contribution is 6.40. The second kappa shape index (κ2) is 9.44. The summed E-state index contributed by atoms with van der Waals surface area (Å²) in [6.45, 7) is 2.39. The molecule has 0 bridgehead atoms. The lowest BCUT2D eigenvalue weighted by Gasteiger charge is -2.09. The highest BCUT2D eigenvalue weighted by Crippen LogP contribution is 2.38. The van der Waals surface area contributed by atoms with E-state index in [1.54, 1.807) is 18.2 Å². The van der Waals surface area contributed by atoms with Crippen molar-refractivity contribution in [3.63, 3.8) is 0 Å². The molecule has 6 heteroatoms. The first kappa shape index (κ1) is 19.3. The van der Waals surface area contributed by atoms with Crippen LogP contribution in [0.4, 0.5) is 0 Å². The normalized spacial score (nSPS) is 11.0. The zero-order valence-electron chi connectivity index (χ0n) is 13.8. The molecular weight excluding hydrogens is 363 g/mol. The average Bonchev–Trinajstić information content (AvgIpc) is 2.60. The molecule has 25 heavy (non-hydrogen) atoms. The summed E-state index contributed by atoms with van der Waals surface area (Å²) < 4.78 is 10.3. The Hall–Kier alpha value is -2.04. The van der Waals surface area contributed by atoms with E-state index >= 15 is 0 Å². The Morgan fingerprint density at radius 3 is 2.40 bits per heavy atom. The molecular formula is C19H18Cl2O4. The van der Waals surface area contributed by atoms with Gasteiger partial charge in [-0.2, -0.15) is 0 Å². The first-order chi connectivity index (χ1) is 12.0. The quantitative estimate of drug-likeness (QED) is 0.281. The summed E-state index contributed by atoms with van der Waals surface area (Å²) in [5.41, 5.74) is 0. The van der Waals surface area contributed by atoms with Gasteiger partial charge in [-0.1, -0.05) is 67.2 Å². The van der Waals surface area contributed by atoms with Crippen molar-refractivity contribution in [2.45, 2.75) is 26.2 Å². The topological polar surface area (TPSA) is 52.6 Å². The van der Waals surface area contributed by atoms with Gasteiger partial charge in [-0.3, -0.25) is 0 Å². The maximum absolute atomic E-state index is 12.0. The molecule has 0 N–H and O–H groups in total. The van der Waals surface area contributed by atoms with Crippen molar-refractivity contribution in [2.24, 2.45) is 0 Å². The van der Waals surface area contributed by atoms with Crippen LogP contribution in [0.25, 0.3) is 10.8 Å². The zero-order valence-corrected chi connectivity index (χ0v) is 15.3. The largest absolute Gasteiger partial charge is 0.463 e. The molecule has 0 radical (unpaired) electrons. The number of ether oxygens (including phenoxy) is 2. The van der Waals surface area contributed by atoms with Crippen molar-refractivity contribution in [3.8, 4) is 5.75 Å². The number of carbonyl (C=O) groups is 2. The lowest BCUT2D eigenvalue weighted by Crippen LogP contribution is -2.08. The zero-order chi connectivity index (χ0) is 18.2. The number of unbranched alkanes of at least 4 members (excludes halogenated alkanes) is 2. The van der Waals surface area contributed by atoms with Crippen LogP contribution in [-0.2, 0) is 14.3 Å². The average molecular weight is 381 g/mol. The van der Waals surface area contributed by atoms with Crippen LogP contribution in [0.2, 0.25) is 10.0 Å². The Bertz CT molecular complexity index is 799. The van der Waals surface area contributed by atoms with Gasteiger partial charge in [0.15, 0.2) is 5.75 Å². The third-order valence-corrected chi connectivity index (χ3v) is 4.04. The minimum atomic E-state index is -0.722. The van der Waals surface area contributed by atoms with Crippen LogP contribution in [-0.4, -0.2) is 18.5 Å². The molecule has 0 aliphatic carbocycles. The monoisotopic (exact) mass is 380 g/mol. The van der Waals surface area contributed by atoms with Crippen LogP contribution >= 0.6 is 23.2 Å². The van der Waals surface area contributed by atoms with Crippen molar-refractivity contribution in [1.82, 2.24) is 0 Å². The van der Waals surface area contributed by atoms with E-state index in [1.165, 1.54) is 6.07 Å². The molecule has 0 aliphatic rings. The van der Waals surface area contributed by atoms with E-state index in [0.717, 1.165) is 36.8 Å². The summed E-state index contributed by atoms with van der Waals surface area (Å²) >= 11 is 12.3. The molecule has 0 fully saturated rings. The molecule has 0 heterocycles. The Morgan fingerprint density at radius 2 is 1.68 bits per heavy atom. The highest BCUT2D eigenvalue weighted by atomic mass is 35.5. The van der Waals surface area contributed by atoms with Crippen LogP contribution in [0.5, 0.6) is 5.75 Å². The molecule has 0 amide bonds. The number of halogens is 2. The highest BCUT2D eigenvalue weighted by Gasteiger charge is 2.13. The number of esters is 2. The van der Waals surface area contributed by atoms with Crippen molar-refractivity contribution < 1.29 is 19.1 Å². The Balaban J connectivity index is 2.05. The summed E-state index contributed by atoms with van der Waals surface area (Å²) in [7, 11) is 0. The van der Waals surface area contributed by atoms with E-state index < -0.39 is 11.9 Å².